The first-order valence-electron chi connectivity index (χ1n) is 10.1. The van der Waals surface area contributed by atoms with Gasteiger partial charge in [-0.15, -0.1) is 0 Å². The van der Waals surface area contributed by atoms with Crippen molar-refractivity contribution in [1.29, 1.82) is 5.26 Å². The molecule has 1 aliphatic heterocycles. The Hall–Kier alpha value is -3.59. The SMILES string of the molecule is CCc1ccc(-n2ccc(C#N)c2C(=O)N2CCN(c3ccccc3F)CC2)cc1. The fourth-order valence-electron chi connectivity index (χ4n) is 3.86. The summed E-state index contributed by atoms with van der Waals surface area (Å²) in [7, 11) is 0. The maximum absolute atomic E-state index is 14.1. The average molecular weight is 402 g/mol. The number of anilines is 1. The summed E-state index contributed by atoms with van der Waals surface area (Å²) in [5.74, 6) is -0.433. The fourth-order valence-corrected chi connectivity index (χ4v) is 3.86. The van der Waals surface area contributed by atoms with Crippen molar-refractivity contribution in [3.63, 3.8) is 0 Å². The number of amides is 1. The highest BCUT2D eigenvalue weighted by atomic mass is 19.1. The Morgan fingerprint density at radius 1 is 1.03 bits per heavy atom. The number of aryl methyl sites for hydroxylation is 1. The first-order chi connectivity index (χ1) is 14.6. The van der Waals surface area contributed by atoms with Crippen molar-refractivity contribution in [3.05, 3.63) is 83.4 Å². The normalized spacial score (nSPS) is 13.9. The smallest absolute Gasteiger partial charge is 0.272 e. The van der Waals surface area contributed by atoms with Crippen LogP contribution in [0.2, 0.25) is 0 Å². The summed E-state index contributed by atoms with van der Waals surface area (Å²) in [6.45, 7) is 4.12. The van der Waals surface area contributed by atoms with Crippen LogP contribution in [0.4, 0.5) is 10.1 Å². The zero-order valence-electron chi connectivity index (χ0n) is 16.9. The number of nitriles is 1. The first-order valence-corrected chi connectivity index (χ1v) is 10.1. The minimum atomic E-state index is -0.256. The molecule has 3 aromatic rings. The van der Waals surface area contributed by atoms with Crippen molar-refractivity contribution in [1.82, 2.24) is 9.47 Å². The third-order valence-electron chi connectivity index (χ3n) is 5.59. The van der Waals surface area contributed by atoms with Crippen molar-refractivity contribution < 1.29 is 9.18 Å². The minimum Gasteiger partial charge on any atom is -0.366 e. The van der Waals surface area contributed by atoms with Crippen LogP contribution in [0, 0.1) is 17.1 Å². The predicted molar refractivity (Wildman–Crippen MR) is 114 cm³/mol. The van der Waals surface area contributed by atoms with Crippen LogP contribution < -0.4 is 4.90 Å². The minimum absolute atomic E-state index is 0.177. The van der Waals surface area contributed by atoms with Crippen molar-refractivity contribution in [3.8, 4) is 11.8 Å². The number of halogens is 1. The van der Waals surface area contributed by atoms with Crippen molar-refractivity contribution in [2.45, 2.75) is 13.3 Å². The zero-order valence-corrected chi connectivity index (χ0v) is 16.9. The number of rotatable bonds is 4. The summed E-state index contributed by atoms with van der Waals surface area (Å²) < 4.78 is 15.9. The molecule has 6 heteroatoms. The Morgan fingerprint density at radius 2 is 1.73 bits per heavy atom. The van der Waals surface area contributed by atoms with Crippen LogP contribution in [0.3, 0.4) is 0 Å². The van der Waals surface area contributed by atoms with Gasteiger partial charge in [0, 0.05) is 38.1 Å². The van der Waals surface area contributed by atoms with Crippen LogP contribution in [0.5, 0.6) is 0 Å². The van der Waals surface area contributed by atoms with E-state index in [1.807, 2.05) is 35.2 Å². The predicted octanol–water partition coefficient (Wildman–Crippen LogP) is 4.01. The molecule has 0 saturated carbocycles. The lowest BCUT2D eigenvalue weighted by Crippen LogP contribution is -2.49. The van der Waals surface area contributed by atoms with E-state index in [0.717, 1.165) is 12.1 Å². The van der Waals surface area contributed by atoms with Crippen LogP contribution in [0.15, 0.2) is 60.8 Å². The second kappa shape index (κ2) is 8.42. The molecular formula is C24H23FN4O. The van der Waals surface area contributed by atoms with Crippen molar-refractivity contribution in [2.24, 2.45) is 0 Å². The van der Waals surface area contributed by atoms with Gasteiger partial charge in [0.2, 0.25) is 0 Å². The second-order valence-corrected chi connectivity index (χ2v) is 7.31. The Labute approximate surface area is 175 Å². The molecule has 0 aliphatic carbocycles. The highest BCUT2D eigenvalue weighted by Gasteiger charge is 2.27. The Morgan fingerprint density at radius 3 is 2.37 bits per heavy atom. The average Bonchev–Trinajstić information content (AvgIpc) is 3.23. The lowest BCUT2D eigenvalue weighted by atomic mass is 10.1. The molecule has 152 valence electrons. The van der Waals surface area contributed by atoms with Crippen LogP contribution in [-0.2, 0) is 6.42 Å². The van der Waals surface area contributed by atoms with Gasteiger partial charge in [-0.3, -0.25) is 4.79 Å². The van der Waals surface area contributed by atoms with Gasteiger partial charge < -0.3 is 14.4 Å². The molecular weight excluding hydrogens is 379 g/mol. The Balaban J connectivity index is 1.56. The highest BCUT2D eigenvalue weighted by molar-refractivity contribution is 5.96. The summed E-state index contributed by atoms with van der Waals surface area (Å²) in [6.07, 6.45) is 2.70. The number of aromatic nitrogens is 1. The summed E-state index contributed by atoms with van der Waals surface area (Å²) in [4.78, 5) is 17.0. The lowest BCUT2D eigenvalue weighted by Gasteiger charge is -2.36. The molecule has 5 nitrogen and oxygen atoms in total. The number of hydrogen-bond donors (Lipinski definition) is 0. The number of carbonyl (C=O) groups excluding carboxylic acids is 1. The van der Waals surface area contributed by atoms with Gasteiger partial charge in [-0.1, -0.05) is 31.2 Å². The van der Waals surface area contributed by atoms with Gasteiger partial charge in [-0.2, -0.15) is 5.26 Å². The number of hydrogen-bond acceptors (Lipinski definition) is 3. The summed E-state index contributed by atoms with van der Waals surface area (Å²) in [5, 5.41) is 9.55. The topological polar surface area (TPSA) is 52.3 Å². The molecule has 0 radical (unpaired) electrons. The second-order valence-electron chi connectivity index (χ2n) is 7.31. The molecule has 0 unspecified atom stereocenters. The van der Waals surface area contributed by atoms with E-state index in [1.165, 1.54) is 11.6 Å². The van der Waals surface area contributed by atoms with Crippen molar-refractivity contribution >= 4 is 11.6 Å². The van der Waals surface area contributed by atoms with E-state index in [1.54, 1.807) is 33.9 Å². The maximum atomic E-state index is 14.1. The van der Waals surface area contributed by atoms with Gasteiger partial charge in [0.05, 0.1) is 11.3 Å². The molecule has 0 spiro atoms. The molecule has 1 aliphatic rings. The number of nitrogens with zero attached hydrogens (tertiary/aromatic N) is 4. The Bertz CT molecular complexity index is 1090. The monoisotopic (exact) mass is 402 g/mol. The molecule has 30 heavy (non-hydrogen) atoms. The molecule has 0 N–H and O–H groups in total. The van der Waals surface area contributed by atoms with Gasteiger partial charge in [0.1, 0.15) is 17.6 Å². The third-order valence-corrected chi connectivity index (χ3v) is 5.59. The standard InChI is InChI=1S/C24H23FN4O/c1-2-18-7-9-20(10-8-18)29-12-11-19(17-26)23(29)24(30)28-15-13-27(14-16-28)22-6-4-3-5-21(22)25/h3-12H,2,13-16H2,1H3. The number of carbonyl (C=O) groups is 1. The number of para-hydroxylation sites is 1. The van der Waals surface area contributed by atoms with Gasteiger partial charge in [0.25, 0.3) is 5.91 Å². The van der Waals surface area contributed by atoms with Gasteiger partial charge in [0.15, 0.2) is 0 Å². The van der Waals surface area contributed by atoms with Crippen LogP contribution in [-0.4, -0.2) is 41.6 Å². The van der Waals surface area contributed by atoms with Crippen LogP contribution >= 0.6 is 0 Å². The molecule has 1 aromatic heterocycles. The van der Waals surface area contributed by atoms with E-state index in [9.17, 15) is 14.4 Å². The Kier molecular flexibility index (Phi) is 5.53. The zero-order chi connectivity index (χ0) is 21.1. The molecule has 0 bridgehead atoms. The van der Waals surface area contributed by atoms with Gasteiger partial charge >= 0.3 is 0 Å². The molecule has 1 amide bonds. The quantitative estimate of drug-likeness (QED) is 0.663. The number of benzene rings is 2. The summed E-state index contributed by atoms with van der Waals surface area (Å²) >= 11 is 0. The highest BCUT2D eigenvalue weighted by Crippen LogP contribution is 2.23. The molecule has 0 atom stereocenters. The molecule has 4 rings (SSSR count). The van der Waals surface area contributed by atoms with E-state index in [2.05, 4.69) is 13.0 Å². The first kappa shape index (κ1) is 19.7. The van der Waals surface area contributed by atoms with Crippen LogP contribution in [0.25, 0.3) is 5.69 Å². The molecule has 1 fully saturated rings. The van der Waals surface area contributed by atoms with E-state index in [4.69, 9.17) is 0 Å². The van der Waals surface area contributed by atoms with Gasteiger partial charge in [-0.05, 0) is 42.3 Å². The summed E-state index contributed by atoms with van der Waals surface area (Å²) in [5.41, 5.74) is 3.35. The van der Waals surface area contributed by atoms with E-state index in [-0.39, 0.29) is 11.7 Å². The van der Waals surface area contributed by atoms with E-state index >= 15 is 0 Å². The van der Waals surface area contributed by atoms with Gasteiger partial charge in [-0.25, -0.2) is 4.39 Å². The third kappa shape index (κ3) is 3.67. The van der Waals surface area contributed by atoms with Crippen molar-refractivity contribution in [2.75, 3.05) is 31.1 Å². The summed E-state index contributed by atoms with van der Waals surface area (Å²) in [6, 6.07) is 18.5. The largest absolute Gasteiger partial charge is 0.366 e. The van der Waals surface area contributed by atoms with E-state index < -0.39 is 0 Å². The molecule has 2 heterocycles. The van der Waals surface area contributed by atoms with Crippen LogP contribution in [0.1, 0.15) is 28.5 Å². The fraction of sp³-hybridized carbons (Fsp3) is 0.250. The van der Waals surface area contributed by atoms with E-state index in [0.29, 0.717) is 43.1 Å². The number of piperazine rings is 1. The lowest BCUT2D eigenvalue weighted by molar-refractivity contribution is 0.0738. The molecule has 2 aromatic carbocycles. The maximum Gasteiger partial charge on any atom is 0.272 e. The molecule has 1 saturated heterocycles.